The Hall–Kier alpha value is -2.56. The number of rotatable bonds is 7. The van der Waals surface area contributed by atoms with E-state index >= 15 is 0 Å². The molecule has 0 fully saturated rings. The fourth-order valence-electron chi connectivity index (χ4n) is 1.20. The molecule has 18 heavy (non-hydrogen) atoms. The van der Waals surface area contributed by atoms with E-state index in [0.717, 1.165) is 0 Å². The van der Waals surface area contributed by atoms with Crippen molar-refractivity contribution in [3.05, 3.63) is 49.4 Å². The normalized spacial score (nSPS) is 11.1. The van der Waals surface area contributed by atoms with Crippen LogP contribution in [-0.2, 0) is 4.79 Å². The molecule has 1 aromatic rings. The van der Waals surface area contributed by atoms with Crippen LogP contribution >= 0.6 is 0 Å². The van der Waals surface area contributed by atoms with Gasteiger partial charge in [-0.05, 0) is 18.2 Å². The summed E-state index contributed by atoms with van der Waals surface area (Å²) in [7, 11) is 1.86. The smallest absolute Gasteiger partial charge is 0.225 e. The number of benzene rings is 1. The SMILES string of the molecule is C=CC=[N+](C)C=COc1ccccc1NNC=O. The summed E-state index contributed by atoms with van der Waals surface area (Å²) in [6.07, 6.45) is 7.30. The van der Waals surface area contributed by atoms with Crippen molar-refractivity contribution < 1.29 is 14.1 Å². The largest absolute Gasteiger partial charge is 0.457 e. The number of nitrogens with zero attached hydrogens (tertiary/aromatic N) is 1. The Balaban J connectivity index is 2.69. The minimum Gasteiger partial charge on any atom is -0.457 e. The van der Waals surface area contributed by atoms with Crippen molar-refractivity contribution in [3.8, 4) is 5.75 Å². The van der Waals surface area contributed by atoms with Crippen LogP contribution in [0, 0.1) is 0 Å². The number of carbonyl (C=O) groups excluding carboxylic acids is 1. The van der Waals surface area contributed by atoms with Crippen molar-refractivity contribution in [3.63, 3.8) is 0 Å². The summed E-state index contributed by atoms with van der Waals surface area (Å²) in [5, 5.41) is 0. The third-order valence-electron chi connectivity index (χ3n) is 1.98. The second-order valence-corrected chi connectivity index (χ2v) is 3.34. The zero-order chi connectivity index (χ0) is 13.2. The number of carbonyl (C=O) groups is 1. The Labute approximate surface area is 106 Å². The quantitative estimate of drug-likeness (QED) is 0.252. The minimum atomic E-state index is 0.555. The molecule has 1 aromatic carbocycles. The van der Waals surface area contributed by atoms with Crippen LogP contribution in [0.25, 0.3) is 0 Å². The van der Waals surface area contributed by atoms with Crippen LogP contribution in [0.5, 0.6) is 5.75 Å². The summed E-state index contributed by atoms with van der Waals surface area (Å²) < 4.78 is 7.25. The third kappa shape index (κ3) is 4.52. The molecule has 0 spiro atoms. The first-order chi connectivity index (χ1) is 8.77. The molecular weight excluding hydrogens is 230 g/mol. The molecule has 2 N–H and O–H groups in total. The number of allylic oxidation sites excluding steroid dienone is 1. The molecular formula is C13H16N3O2+. The van der Waals surface area contributed by atoms with Crippen molar-refractivity contribution in [2.45, 2.75) is 0 Å². The number of nitrogens with one attached hydrogen (secondary N) is 2. The molecule has 0 heterocycles. The fraction of sp³-hybridized carbons (Fsp3) is 0.0769. The monoisotopic (exact) mass is 246 g/mol. The summed E-state index contributed by atoms with van der Waals surface area (Å²) in [5.74, 6) is 0.607. The maximum Gasteiger partial charge on any atom is 0.225 e. The lowest BCUT2D eigenvalue weighted by molar-refractivity contribution is -0.417. The van der Waals surface area contributed by atoms with E-state index in [-0.39, 0.29) is 0 Å². The van der Waals surface area contributed by atoms with Gasteiger partial charge in [0.25, 0.3) is 0 Å². The zero-order valence-corrected chi connectivity index (χ0v) is 10.2. The standard InChI is InChI=1S/C13H15N3O2/c1-3-8-16(2)9-10-18-13-7-5-4-6-12(13)15-14-11-17/h3-11,15H,1H2,2H3/p+1. The molecule has 0 saturated heterocycles. The highest BCUT2D eigenvalue weighted by Crippen LogP contribution is 2.22. The molecule has 94 valence electrons. The summed E-state index contributed by atoms with van der Waals surface area (Å²) >= 11 is 0. The van der Waals surface area contributed by atoms with Crippen LogP contribution in [0.2, 0.25) is 0 Å². The number of hydrazine groups is 1. The van der Waals surface area contributed by atoms with Crippen molar-refractivity contribution >= 4 is 18.3 Å². The van der Waals surface area contributed by atoms with E-state index in [9.17, 15) is 4.79 Å². The first kappa shape index (κ1) is 13.5. The van der Waals surface area contributed by atoms with E-state index in [1.165, 1.54) is 0 Å². The molecule has 0 radical (unpaired) electrons. The van der Waals surface area contributed by atoms with Crippen molar-refractivity contribution in [1.29, 1.82) is 0 Å². The molecule has 0 aliphatic heterocycles. The maximum absolute atomic E-state index is 10.2. The Morgan fingerprint density at radius 1 is 1.39 bits per heavy atom. The number of anilines is 1. The van der Waals surface area contributed by atoms with Crippen LogP contribution in [-0.4, -0.2) is 24.2 Å². The van der Waals surface area contributed by atoms with Crippen LogP contribution < -0.4 is 15.6 Å². The molecule has 0 unspecified atom stereocenters. The Bertz CT molecular complexity index is 467. The van der Waals surface area contributed by atoms with Crippen molar-refractivity contribution in [2.75, 3.05) is 12.5 Å². The van der Waals surface area contributed by atoms with Crippen LogP contribution in [0.4, 0.5) is 5.69 Å². The maximum atomic E-state index is 10.2. The van der Waals surface area contributed by atoms with Gasteiger partial charge >= 0.3 is 0 Å². The summed E-state index contributed by atoms with van der Waals surface area (Å²) in [6.45, 7) is 3.59. The van der Waals surface area contributed by atoms with E-state index in [4.69, 9.17) is 4.74 Å². The zero-order valence-electron chi connectivity index (χ0n) is 10.2. The number of hydrogen-bond acceptors (Lipinski definition) is 3. The van der Waals surface area contributed by atoms with Crippen LogP contribution in [0.15, 0.2) is 49.4 Å². The predicted molar refractivity (Wildman–Crippen MR) is 71.5 cm³/mol. The summed E-state index contributed by atoms with van der Waals surface area (Å²) in [4.78, 5) is 10.2. The van der Waals surface area contributed by atoms with Gasteiger partial charge in [0, 0.05) is 0 Å². The van der Waals surface area contributed by atoms with E-state index in [2.05, 4.69) is 17.4 Å². The number of hydrogen-bond donors (Lipinski definition) is 2. The van der Waals surface area contributed by atoms with E-state index in [1.807, 2.05) is 19.2 Å². The lowest BCUT2D eigenvalue weighted by atomic mass is 10.3. The van der Waals surface area contributed by atoms with Crippen LogP contribution in [0.3, 0.4) is 0 Å². The Morgan fingerprint density at radius 2 is 2.17 bits per heavy atom. The molecule has 0 saturated carbocycles. The molecule has 0 atom stereocenters. The highest BCUT2D eigenvalue weighted by atomic mass is 16.5. The van der Waals surface area contributed by atoms with Gasteiger partial charge in [-0.25, -0.2) is 4.58 Å². The molecule has 1 rings (SSSR count). The van der Waals surface area contributed by atoms with Crippen molar-refractivity contribution in [1.82, 2.24) is 5.43 Å². The molecule has 0 aliphatic carbocycles. The first-order valence-corrected chi connectivity index (χ1v) is 5.33. The Morgan fingerprint density at radius 3 is 2.89 bits per heavy atom. The van der Waals surface area contributed by atoms with Gasteiger partial charge in [0.2, 0.25) is 12.6 Å². The van der Waals surface area contributed by atoms with E-state index in [1.54, 1.807) is 41.5 Å². The van der Waals surface area contributed by atoms with Crippen LogP contribution in [0.1, 0.15) is 0 Å². The lowest BCUT2D eigenvalue weighted by Gasteiger charge is -2.08. The van der Waals surface area contributed by atoms with E-state index in [0.29, 0.717) is 17.8 Å². The van der Waals surface area contributed by atoms with Gasteiger partial charge in [-0.3, -0.25) is 15.6 Å². The van der Waals surface area contributed by atoms with E-state index < -0.39 is 0 Å². The topological polar surface area (TPSA) is 53.4 Å². The minimum absolute atomic E-state index is 0.555. The highest BCUT2D eigenvalue weighted by molar-refractivity contribution is 5.65. The summed E-state index contributed by atoms with van der Waals surface area (Å²) in [6, 6.07) is 7.26. The molecule has 0 bridgehead atoms. The van der Waals surface area contributed by atoms with Gasteiger partial charge in [-0.1, -0.05) is 18.7 Å². The van der Waals surface area contributed by atoms with Gasteiger partial charge in [-0.2, -0.15) is 0 Å². The molecule has 5 heteroatoms. The second kappa shape index (κ2) is 7.67. The molecule has 5 nitrogen and oxygen atoms in total. The van der Waals surface area contributed by atoms with Gasteiger partial charge in [0.1, 0.15) is 7.05 Å². The predicted octanol–water partition coefficient (Wildman–Crippen LogP) is 1.51. The number of para-hydroxylation sites is 2. The number of ether oxygens (including phenoxy) is 1. The highest BCUT2D eigenvalue weighted by Gasteiger charge is 2.00. The summed E-state index contributed by atoms with van der Waals surface area (Å²) in [5.41, 5.74) is 5.74. The number of amides is 1. The van der Waals surface area contributed by atoms with Gasteiger partial charge in [0.05, 0.1) is 5.69 Å². The average molecular weight is 246 g/mol. The molecule has 0 aliphatic rings. The van der Waals surface area contributed by atoms with Gasteiger partial charge < -0.3 is 4.74 Å². The fourth-order valence-corrected chi connectivity index (χ4v) is 1.20. The first-order valence-electron chi connectivity index (χ1n) is 5.33. The van der Waals surface area contributed by atoms with Gasteiger partial charge in [0.15, 0.2) is 18.2 Å². The third-order valence-corrected chi connectivity index (χ3v) is 1.98. The molecule has 0 aromatic heterocycles. The Kier molecular flexibility index (Phi) is 5.76. The lowest BCUT2D eigenvalue weighted by Crippen LogP contribution is -2.19. The molecule has 1 amide bonds. The average Bonchev–Trinajstić information content (AvgIpc) is 2.38. The second-order valence-electron chi connectivity index (χ2n) is 3.34. The van der Waals surface area contributed by atoms with Crippen molar-refractivity contribution in [2.24, 2.45) is 0 Å². The van der Waals surface area contributed by atoms with Gasteiger partial charge in [-0.15, -0.1) is 0 Å².